The Morgan fingerprint density at radius 1 is 0.270 bits per heavy atom. The minimum atomic E-state index is -4.95. The first-order chi connectivity index (χ1) is 43.2. The molecule has 0 aromatic heterocycles. The zero-order chi connectivity index (χ0) is 65.4. The van der Waals surface area contributed by atoms with Crippen molar-refractivity contribution in [2.45, 2.75) is 386 Å². The number of unbranched alkanes of at least 4 members (excludes halogenated alkanes) is 45. The molecule has 0 radical (unpaired) electrons. The molecule has 5 atom stereocenters. The molecule has 3 N–H and O–H groups in total. The number of rotatable bonds is 71. The zero-order valence-corrected chi connectivity index (χ0v) is 59.2. The molecule has 0 amide bonds. The summed E-state index contributed by atoms with van der Waals surface area (Å²) in [7, 11) is -9.89. The van der Waals surface area contributed by atoms with Gasteiger partial charge in [0.05, 0.1) is 26.4 Å². The van der Waals surface area contributed by atoms with Crippen molar-refractivity contribution < 1.29 is 80.2 Å². The monoisotopic (exact) mass is 1310 g/mol. The summed E-state index contributed by atoms with van der Waals surface area (Å²) in [6.07, 6.45) is 53.2. The van der Waals surface area contributed by atoms with Gasteiger partial charge in [0.2, 0.25) is 0 Å². The lowest BCUT2D eigenvalue weighted by Gasteiger charge is -2.21. The van der Waals surface area contributed by atoms with Crippen molar-refractivity contribution in [1.29, 1.82) is 0 Å². The predicted octanol–water partition coefficient (Wildman–Crippen LogP) is 20.3. The topological polar surface area (TPSA) is 237 Å². The summed E-state index contributed by atoms with van der Waals surface area (Å²) in [6.45, 7) is 4.84. The first-order valence-electron chi connectivity index (χ1n) is 36.8. The molecule has 19 heteroatoms. The molecule has 0 bridgehead atoms. The second kappa shape index (κ2) is 64.8. The lowest BCUT2D eigenvalue weighted by Crippen LogP contribution is -2.30. The first kappa shape index (κ1) is 87.1. The quantitative estimate of drug-likeness (QED) is 0.0222. The Bertz CT molecular complexity index is 1710. The van der Waals surface area contributed by atoms with Crippen LogP contribution in [0.15, 0.2) is 0 Å². The Morgan fingerprint density at radius 2 is 0.449 bits per heavy atom. The van der Waals surface area contributed by atoms with Crippen LogP contribution in [0, 0.1) is 0 Å². The van der Waals surface area contributed by atoms with Gasteiger partial charge in [-0.3, -0.25) is 37.3 Å². The van der Waals surface area contributed by atoms with Gasteiger partial charge in [0.15, 0.2) is 12.2 Å². The van der Waals surface area contributed by atoms with Gasteiger partial charge in [-0.25, -0.2) is 9.13 Å². The number of carbonyl (C=O) groups is 4. The average molecular weight is 1310 g/mol. The third kappa shape index (κ3) is 64.6. The number of carbonyl (C=O) groups excluding carboxylic acids is 4. The van der Waals surface area contributed by atoms with Crippen LogP contribution in [0.1, 0.15) is 368 Å². The van der Waals surface area contributed by atoms with Gasteiger partial charge in [0.1, 0.15) is 19.3 Å². The van der Waals surface area contributed by atoms with E-state index in [1.807, 2.05) is 0 Å². The molecule has 89 heavy (non-hydrogen) atoms. The molecule has 0 saturated carbocycles. The SMILES string of the molecule is CCCCCCCCCCCCCCCCCC(=O)OC[C@H](COP(=O)(O)OC[C@H](O)COP(=O)(O)OC[C@@H](COC(=O)CCCCCC)OC(=O)CCCCCCCCCCCCCCCCC)OC(=O)CCCCCCCCCCCCCCCCC. The molecule has 17 nitrogen and oxygen atoms in total. The van der Waals surface area contributed by atoms with Crippen LogP contribution in [-0.2, 0) is 65.4 Å². The van der Waals surface area contributed by atoms with E-state index in [4.69, 9.17) is 37.0 Å². The van der Waals surface area contributed by atoms with Gasteiger partial charge >= 0.3 is 39.5 Å². The van der Waals surface area contributed by atoms with E-state index >= 15 is 0 Å². The van der Waals surface area contributed by atoms with Crippen LogP contribution in [0.5, 0.6) is 0 Å². The molecule has 0 rings (SSSR count). The van der Waals surface area contributed by atoms with E-state index in [1.165, 1.54) is 199 Å². The maximum atomic E-state index is 13.0. The van der Waals surface area contributed by atoms with Gasteiger partial charge in [-0.1, -0.05) is 317 Å². The Balaban J connectivity index is 5.11. The molecule has 0 aromatic rings. The lowest BCUT2D eigenvalue weighted by molar-refractivity contribution is -0.161. The van der Waals surface area contributed by atoms with Crippen molar-refractivity contribution in [1.82, 2.24) is 0 Å². The van der Waals surface area contributed by atoms with Gasteiger partial charge in [0, 0.05) is 25.7 Å². The summed E-state index contributed by atoms with van der Waals surface area (Å²) in [6, 6.07) is 0. The largest absolute Gasteiger partial charge is 0.472 e. The molecular weight excluding hydrogens is 1170 g/mol. The van der Waals surface area contributed by atoms with Crippen LogP contribution in [0.3, 0.4) is 0 Å². The van der Waals surface area contributed by atoms with Crippen molar-refractivity contribution in [3.63, 3.8) is 0 Å². The van der Waals surface area contributed by atoms with Crippen LogP contribution >= 0.6 is 15.6 Å². The number of hydrogen-bond acceptors (Lipinski definition) is 15. The summed E-state index contributed by atoms with van der Waals surface area (Å²) >= 11 is 0. The zero-order valence-electron chi connectivity index (χ0n) is 57.4. The summed E-state index contributed by atoms with van der Waals surface area (Å²) in [5, 5.41) is 10.6. The molecule has 0 heterocycles. The van der Waals surface area contributed by atoms with Crippen LogP contribution < -0.4 is 0 Å². The molecule has 0 fully saturated rings. The van der Waals surface area contributed by atoms with Crippen molar-refractivity contribution in [2.75, 3.05) is 39.6 Å². The minimum absolute atomic E-state index is 0.107. The Kier molecular flexibility index (Phi) is 63.3. The third-order valence-electron chi connectivity index (χ3n) is 16.4. The molecule has 528 valence electrons. The normalized spacial score (nSPS) is 14.0. The van der Waals surface area contributed by atoms with Crippen molar-refractivity contribution in [2.24, 2.45) is 0 Å². The van der Waals surface area contributed by atoms with Crippen LogP contribution in [-0.4, -0.2) is 96.7 Å². The Labute approximate surface area is 543 Å². The minimum Gasteiger partial charge on any atom is -0.462 e. The number of hydrogen-bond donors (Lipinski definition) is 3. The van der Waals surface area contributed by atoms with E-state index in [1.54, 1.807) is 0 Å². The van der Waals surface area contributed by atoms with E-state index in [-0.39, 0.29) is 25.7 Å². The molecule has 0 aromatic carbocycles. The number of aliphatic hydroxyl groups is 1. The van der Waals surface area contributed by atoms with Gasteiger partial charge in [0.25, 0.3) is 0 Å². The summed E-state index contributed by atoms with van der Waals surface area (Å²) in [5.41, 5.74) is 0. The molecule has 2 unspecified atom stereocenters. The number of esters is 4. The van der Waals surface area contributed by atoms with Crippen molar-refractivity contribution in [3.8, 4) is 0 Å². The second-order valence-corrected chi connectivity index (χ2v) is 28.2. The van der Waals surface area contributed by atoms with Crippen LogP contribution in [0.4, 0.5) is 0 Å². The predicted molar refractivity (Wildman–Crippen MR) is 359 cm³/mol. The Hall–Kier alpha value is -1.94. The summed E-state index contributed by atoms with van der Waals surface area (Å²) in [5.74, 6) is -2.14. The van der Waals surface area contributed by atoms with E-state index in [9.17, 15) is 43.2 Å². The van der Waals surface area contributed by atoms with Crippen LogP contribution in [0.25, 0.3) is 0 Å². The fourth-order valence-electron chi connectivity index (χ4n) is 10.7. The fourth-order valence-corrected chi connectivity index (χ4v) is 12.3. The third-order valence-corrected chi connectivity index (χ3v) is 18.3. The van der Waals surface area contributed by atoms with E-state index < -0.39 is 97.5 Å². The van der Waals surface area contributed by atoms with Crippen LogP contribution in [0.2, 0.25) is 0 Å². The summed E-state index contributed by atoms with van der Waals surface area (Å²) in [4.78, 5) is 72.2. The van der Waals surface area contributed by atoms with Gasteiger partial charge in [-0.05, 0) is 25.7 Å². The van der Waals surface area contributed by atoms with Gasteiger partial charge < -0.3 is 33.8 Å². The smallest absolute Gasteiger partial charge is 0.462 e. The highest BCUT2D eigenvalue weighted by Crippen LogP contribution is 2.45. The van der Waals surface area contributed by atoms with Crippen molar-refractivity contribution >= 4 is 39.5 Å². The number of phosphoric ester groups is 2. The standard InChI is InChI=1S/C70H136O17P2/c1-5-9-13-17-20-23-26-29-32-35-38-41-44-47-51-55-68(73)81-61-66(87-70(75)57-53-49-46-43-40-37-34-31-28-25-22-19-15-11-7-3)63-85-89(78,79)83-59-64(71)58-82-88(76,77)84-62-65(60-80-67(72)54-50-16-12-8-4)86-69(74)56-52-48-45-42-39-36-33-30-27-24-21-18-14-10-6-2/h64-66,71H,5-63H2,1-4H3,(H,76,77)(H,78,79)/t64-,65-,66-/m1/s1. The lowest BCUT2D eigenvalue weighted by atomic mass is 10.0. The van der Waals surface area contributed by atoms with E-state index in [0.717, 1.165) is 89.9 Å². The highest BCUT2D eigenvalue weighted by atomic mass is 31.2. The summed E-state index contributed by atoms with van der Waals surface area (Å²) < 4.78 is 68.0. The average Bonchev–Trinajstić information content (AvgIpc) is 3.62. The fraction of sp³-hybridized carbons (Fsp3) is 0.943. The highest BCUT2D eigenvalue weighted by molar-refractivity contribution is 7.47. The van der Waals surface area contributed by atoms with Crippen molar-refractivity contribution in [3.05, 3.63) is 0 Å². The highest BCUT2D eigenvalue weighted by Gasteiger charge is 2.30. The molecule has 0 aliphatic rings. The Morgan fingerprint density at radius 3 is 0.674 bits per heavy atom. The second-order valence-electron chi connectivity index (χ2n) is 25.3. The van der Waals surface area contributed by atoms with E-state index in [2.05, 4.69) is 27.7 Å². The number of ether oxygens (including phenoxy) is 4. The molecule has 0 saturated heterocycles. The molecular formula is C70H136O17P2. The number of aliphatic hydroxyl groups excluding tert-OH is 1. The first-order valence-corrected chi connectivity index (χ1v) is 39.8. The molecule has 0 aliphatic carbocycles. The maximum absolute atomic E-state index is 13.0. The van der Waals surface area contributed by atoms with Gasteiger partial charge in [-0.2, -0.15) is 0 Å². The molecule has 0 aliphatic heterocycles. The maximum Gasteiger partial charge on any atom is 0.472 e. The molecule has 0 spiro atoms. The van der Waals surface area contributed by atoms with E-state index in [0.29, 0.717) is 25.7 Å². The number of phosphoric acid groups is 2. The van der Waals surface area contributed by atoms with Gasteiger partial charge in [-0.15, -0.1) is 0 Å².